The van der Waals surface area contributed by atoms with Crippen molar-refractivity contribution in [3.63, 3.8) is 0 Å². The number of nitrogens with zero attached hydrogens (tertiary/aromatic N) is 3. The number of nitrogens with one attached hydrogen (secondary N) is 3. The number of amides is 1. The second-order valence-electron chi connectivity index (χ2n) is 7.20. The molecule has 0 unspecified atom stereocenters. The number of carbonyl (C=O) groups excluding carboxylic acids is 1. The zero-order valence-corrected chi connectivity index (χ0v) is 18.3. The third-order valence-electron chi connectivity index (χ3n) is 4.62. The van der Waals surface area contributed by atoms with Gasteiger partial charge in [-0.3, -0.25) is 19.1 Å². The van der Waals surface area contributed by atoms with Gasteiger partial charge in [-0.2, -0.15) is 0 Å². The highest BCUT2D eigenvalue weighted by molar-refractivity contribution is 7.99. The van der Waals surface area contributed by atoms with E-state index in [9.17, 15) is 18.8 Å². The minimum atomic E-state index is -0.632. The molecule has 3 N–H and O–H groups in total. The molecule has 0 atom stereocenters. The van der Waals surface area contributed by atoms with Gasteiger partial charge in [0.05, 0.1) is 5.75 Å². The Hall–Kier alpha value is -3.99. The van der Waals surface area contributed by atoms with Crippen molar-refractivity contribution in [2.45, 2.75) is 18.5 Å². The first-order valence-corrected chi connectivity index (χ1v) is 10.9. The molecule has 0 aliphatic heterocycles. The van der Waals surface area contributed by atoms with Gasteiger partial charge in [0.1, 0.15) is 11.6 Å². The summed E-state index contributed by atoms with van der Waals surface area (Å²) in [7, 11) is 0. The van der Waals surface area contributed by atoms with Crippen LogP contribution in [0.25, 0.3) is 5.69 Å². The number of aromatic nitrogens is 5. The molecule has 1 amide bonds. The summed E-state index contributed by atoms with van der Waals surface area (Å²) in [6, 6.07) is 14.4. The Kier molecular flexibility index (Phi) is 6.50. The third-order valence-corrected chi connectivity index (χ3v) is 5.55. The first-order chi connectivity index (χ1) is 15.9. The molecule has 9 nitrogen and oxygen atoms in total. The lowest BCUT2D eigenvalue weighted by Gasteiger charge is -2.10. The van der Waals surface area contributed by atoms with Crippen molar-refractivity contribution in [3.05, 3.63) is 98.3 Å². The predicted molar refractivity (Wildman–Crippen MR) is 122 cm³/mol. The van der Waals surface area contributed by atoms with Crippen LogP contribution in [0, 0.1) is 12.7 Å². The van der Waals surface area contributed by atoms with Crippen LogP contribution in [-0.4, -0.2) is 36.4 Å². The van der Waals surface area contributed by atoms with E-state index in [0.29, 0.717) is 28.0 Å². The highest BCUT2D eigenvalue weighted by atomic mass is 32.2. The molecule has 0 spiro atoms. The first kappa shape index (κ1) is 22.2. The Labute approximate surface area is 191 Å². The molecule has 4 rings (SSSR count). The number of carbonyl (C=O) groups is 1. The number of aryl methyl sites for hydroxylation is 1. The van der Waals surface area contributed by atoms with Crippen molar-refractivity contribution < 1.29 is 9.18 Å². The minimum absolute atomic E-state index is 0.0645. The number of aromatic amines is 2. The summed E-state index contributed by atoms with van der Waals surface area (Å²) in [5, 5.41) is 11.6. The smallest absolute Gasteiger partial charge is 0.325 e. The van der Waals surface area contributed by atoms with E-state index < -0.39 is 17.1 Å². The Morgan fingerprint density at radius 1 is 1.06 bits per heavy atom. The molecule has 4 aromatic rings. The Morgan fingerprint density at radius 2 is 1.79 bits per heavy atom. The van der Waals surface area contributed by atoms with Gasteiger partial charge in [0, 0.05) is 29.6 Å². The third kappa shape index (κ3) is 5.63. The summed E-state index contributed by atoms with van der Waals surface area (Å²) in [5.74, 6) is -0.157. The number of halogens is 1. The van der Waals surface area contributed by atoms with Crippen LogP contribution in [0.15, 0.2) is 69.3 Å². The molecular formula is C22H19FN6O3S. The quantitative estimate of drug-likeness (QED) is 0.359. The Balaban J connectivity index is 1.58. The molecule has 11 heteroatoms. The van der Waals surface area contributed by atoms with Gasteiger partial charge >= 0.3 is 5.69 Å². The van der Waals surface area contributed by atoms with E-state index in [1.54, 1.807) is 16.7 Å². The van der Waals surface area contributed by atoms with E-state index in [1.807, 2.05) is 31.2 Å². The molecule has 2 aromatic carbocycles. The molecule has 0 aliphatic rings. The second-order valence-corrected chi connectivity index (χ2v) is 8.15. The summed E-state index contributed by atoms with van der Waals surface area (Å²) >= 11 is 1.16. The van der Waals surface area contributed by atoms with E-state index in [-0.39, 0.29) is 18.1 Å². The first-order valence-electron chi connectivity index (χ1n) is 9.89. The van der Waals surface area contributed by atoms with Gasteiger partial charge in [-0.25, -0.2) is 9.18 Å². The highest BCUT2D eigenvalue weighted by Gasteiger charge is 2.17. The van der Waals surface area contributed by atoms with Gasteiger partial charge in [0.2, 0.25) is 5.91 Å². The second kappa shape index (κ2) is 9.65. The highest BCUT2D eigenvalue weighted by Crippen LogP contribution is 2.23. The Bertz CT molecular complexity index is 1370. The fourth-order valence-corrected chi connectivity index (χ4v) is 3.88. The van der Waals surface area contributed by atoms with E-state index in [2.05, 4.69) is 25.5 Å². The number of hydrogen-bond acceptors (Lipinski definition) is 6. The number of benzene rings is 2. The van der Waals surface area contributed by atoms with Gasteiger partial charge in [-0.05, 0) is 43.3 Å². The van der Waals surface area contributed by atoms with Crippen LogP contribution >= 0.6 is 11.8 Å². The summed E-state index contributed by atoms with van der Waals surface area (Å²) < 4.78 is 15.1. The van der Waals surface area contributed by atoms with Crippen molar-refractivity contribution in [2.75, 3.05) is 11.1 Å². The Morgan fingerprint density at radius 3 is 2.48 bits per heavy atom. The van der Waals surface area contributed by atoms with Gasteiger partial charge in [0.25, 0.3) is 5.56 Å². The maximum Gasteiger partial charge on any atom is 0.325 e. The predicted octanol–water partition coefficient (Wildman–Crippen LogP) is 2.41. The maximum absolute atomic E-state index is 13.5. The van der Waals surface area contributed by atoms with Crippen LogP contribution in [0.3, 0.4) is 0 Å². The number of anilines is 1. The lowest BCUT2D eigenvalue weighted by molar-refractivity contribution is -0.113. The molecular weight excluding hydrogens is 447 g/mol. The topological polar surface area (TPSA) is 126 Å². The molecule has 2 aromatic heterocycles. The van der Waals surface area contributed by atoms with Crippen LogP contribution in [0.4, 0.5) is 10.1 Å². The van der Waals surface area contributed by atoms with Gasteiger partial charge < -0.3 is 10.3 Å². The van der Waals surface area contributed by atoms with Crippen molar-refractivity contribution >= 4 is 23.4 Å². The molecule has 0 fully saturated rings. The van der Waals surface area contributed by atoms with Crippen molar-refractivity contribution in [1.82, 2.24) is 24.7 Å². The van der Waals surface area contributed by atoms with Crippen LogP contribution in [0.1, 0.15) is 17.1 Å². The zero-order valence-electron chi connectivity index (χ0n) is 17.5. The molecule has 33 heavy (non-hydrogen) atoms. The average molecular weight is 466 g/mol. The van der Waals surface area contributed by atoms with Crippen LogP contribution in [-0.2, 0) is 11.2 Å². The molecule has 0 aliphatic carbocycles. The number of rotatable bonds is 7. The molecule has 0 saturated carbocycles. The lowest BCUT2D eigenvalue weighted by atomic mass is 10.2. The van der Waals surface area contributed by atoms with Crippen molar-refractivity contribution in [3.8, 4) is 5.69 Å². The molecule has 2 heterocycles. The lowest BCUT2D eigenvalue weighted by Crippen LogP contribution is -2.23. The summed E-state index contributed by atoms with van der Waals surface area (Å²) in [6.07, 6.45) is 0.0969. The van der Waals surface area contributed by atoms with Gasteiger partial charge in [0.15, 0.2) is 5.16 Å². The van der Waals surface area contributed by atoms with Crippen LogP contribution in [0.5, 0.6) is 0 Å². The normalized spacial score (nSPS) is 10.8. The van der Waals surface area contributed by atoms with E-state index >= 15 is 0 Å². The monoisotopic (exact) mass is 466 g/mol. The molecule has 0 radical (unpaired) electrons. The SMILES string of the molecule is Cc1ccc(NC(=O)CSc2nnc(Cc3cc(=O)[nH]c(=O)[nH]3)n2-c2ccc(F)cc2)cc1. The summed E-state index contributed by atoms with van der Waals surface area (Å²) in [6.45, 7) is 1.96. The fraction of sp³-hybridized carbons (Fsp3) is 0.136. The average Bonchev–Trinajstić information content (AvgIpc) is 3.16. The maximum atomic E-state index is 13.5. The molecule has 168 valence electrons. The van der Waals surface area contributed by atoms with Crippen molar-refractivity contribution in [2.24, 2.45) is 0 Å². The van der Waals surface area contributed by atoms with Crippen LogP contribution in [0.2, 0.25) is 0 Å². The largest absolute Gasteiger partial charge is 0.325 e. The molecule has 0 saturated heterocycles. The summed E-state index contributed by atoms with van der Waals surface area (Å²) in [5.41, 5.74) is 1.52. The number of H-pyrrole nitrogens is 2. The van der Waals surface area contributed by atoms with E-state index in [0.717, 1.165) is 17.3 Å². The fourth-order valence-electron chi connectivity index (χ4n) is 3.11. The van der Waals surface area contributed by atoms with Gasteiger partial charge in [-0.1, -0.05) is 29.5 Å². The summed E-state index contributed by atoms with van der Waals surface area (Å²) in [4.78, 5) is 40.3. The minimum Gasteiger partial charge on any atom is -0.325 e. The number of thioether (sulfide) groups is 1. The number of hydrogen-bond donors (Lipinski definition) is 3. The molecule has 0 bridgehead atoms. The van der Waals surface area contributed by atoms with Crippen molar-refractivity contribution in [1.29, 1.82) is 0 Å². The van der Waals surface area contributed by atoms with E-state index in [1.165, 1.54) is 18.2 Å². The van der Waals surface area contributed by atoms with Crippen LogP contribution < -0.4 is 16.6 Å². The standard InChI is InChI=1S/C22H19FN6O3S/c1-13-2-6-15(7-3-13)24-20(31)12-33-22-28-27-18(10-16-11-19(30)26-21(32)25-16)29(22)17-8-4-14(23)5-9-17/h2-9,11H,10,12H2,1H3,(H,24,31)(H2,25,26,30,32). The van der Waals surface area contributed by atoms with E-state index in [4.69, 9.17) is 0 Å². The zero-order chi connectivity index (χ0) is 23.4. The van der Waals surface area contributed by atoms with Gasteiger partial charge in [-0.15, -0.1) is 10.2 Å².